The topological polar surface area (TPSA) is 88.3 Å². The van der Waals surface area contributed by atoms with Crippen molar-refractivity contribution in [3.8, 4) is 11.4 Å². The molecule has 2 amide bonds. The normalized spacial score (nSPS) is 14.0. The highest BCUT2D eigenvalue weighted by atomic mass is 16.5. The summed E-state index contributed by atoms with van der Waals surface area (Å²) in [6, 6.07) is 24.6. The summed E-state index contributed by atoms with van der Waals surface area (Å²) in [6.07, 6.45) is 1.56. The quantitative estimate of drug-likeness (QED) is 0.420. The van der Waals surface area contributed by atoms with Gasteiger partial charge in [-0.25, -0.2) is 0 Å². The SMILES string of the molecule is Cc1ccccc1CNC(=O)c1ccc(-c2noc(C3CCN(C(=O)c4ccccc4)CC3)n2)cc1. The first kappa shape index (κ1) is 23.5. The van der Waals surface area contributed by atoms with Crippen LogP contribution in [0.5, 0.6) is 0 Å². The molecule has 3 aromatic carbocycles. The van der Waals surface area contributed by atoms with Crippen molar-refractivity contribution in [3.05, 3.63) is 107 Å². The molecule has 7 heteroatoms. The van der Waals surface area contributed by atoms with E-state index in [-0.39, 0.29) is 17.7 Å². The van der Waals surface area contributed by atoms with Crippen LogP contribution in [0.2, 0.25) is 0 Å². The number of hydrogen-bond donors (Lipinski definition) is 1. The third-order valence-electron chi connectivity index (χ3n) is 6.70. The molecule has 0 aliphatic carbocycles. The number of carbonyl (C=O) groups excluding carboxylic acids is 2. The predicted octanol–water partition coefficient (Wildman–Crippen LogP) is 4.99. The Balaban J connectivity index is 1.17. The average Bonchev–Trinajstić information content (AvgIpc) is 3.43. The standard InChI is InChI=1S/C29H28N4O3/c1-20-7-5-6-10-25(20)19-30-27(34)22-13-11-21(12-14-22)26-31-28(36-32-26)23-15-17-33(18-16-23)29(35)24-8-3-2-4-9-24/h2-14,23H,15-19H2,1H3,(H,30,34). The summed E-state index contributed by atoms with van der Waals surface area (Å²) >= 11 is 0. The Morgan fingerprint density at radius 1 is 0.917 bits per heavy atom. The number of aryl methyl sites for hydroxylation is 1. The molecule has 1 fully saturated rings. The summed E-state index contributed by atoms with van der Waals surface area (Å²) in [5.74, 6) is 1.15. The summed E-state index contributed by atoms with van der Waals surface area (Å²) in [5.41, 5.74) is 4.32. The van der Waals surface area contributed by atoms with Crippen LogP contribution in [0, 0.1) is 6.92 Å². The lowest BCUT2D eigenvalue weighted by molar-refractivity contribution is 0.0704. The van der Waals surface area contributed by atoms with Gasteiger partial charge in [-0.2, -0.15) is 4.98 Å². The Kier molecular flexibility index (Phi) is 6.89. The molecule has 4 aromatic rings. The minimum absolute atomic E-state index is 0.0586. The molecule has 2 heterocycles. The van der Waals surface area contributed by atoms with E-state index >= 15 is 0 Å². The first-order valence-corrected chi connectivity index (χ1v) is 12.2. The van der Waals surface area contributed by atoms with Crippen LogP contribution in [0.1, 0.15) is 56.5 Å². The van der Waals surface area contributed by atoms with Crippen LogP contribution < -0.4 is 5.32 Å². The van der Waals surface area contributed by atoms with E-state index in [1.54, 1.807) is 12.1 Å². The molecule has 5 rings (SSSR count). The maximum Gasteiger partial charge on any atom is 0.253 e. The van der Waals surface area contributed by atoms with E-state index in [0.29, 0.717) is 42.5 Å². The molecule has 0 radical (unpaired) electrons. The van der Waals surface area contributed by atoms with Gasteiger partial charge in [-0.1, -0.05) is 59.8 Å². The minimum Gasteiger partial charge on any atom is -0.348 e. The Morgan fingerprint density at radius 2 is 1.61 bits per heavy atom. The molecule has 182 valence electrons. The fourth-order valence-corrected chi connectivity index (χ4v) is 4.47. The zero-order valence-electron chi connectivity index (χ0n) is 20.2. The lowest BCUT2D eigenvalue weighted by Gasteiger charge is -2.30. The number of aromatic nitrogens is 2. The molecular weight excluding hydrogens is 452 g/mol. The van der Waals surface area contributed by atoms with Gasteiger partial charge in [0.15, 0.2) is 0 Å². The fourth-order valence-electron chi connectivity index (χ4n) is 4.47. The Labute approximate surface area is 210 Å². The van der Waals surface area contributed by atoms with Crippen LogP contribution in [0.15, 0.2) is 83.4 Å². The lowest BCUT2D eigenvalue weighted by Crippen LogP contribution is -2.37. The van der Waals surface area contributed by atoms with Crippen molar-refractivity contribution in [1.29, 1.82) is 0 Å². The van der Waals surface area contributed by atoms with Crippen molar-refractivity contribution in [2.24, 2.45) is 0 Å². The number of nitrogens with one attached hydrogen (secondary N) is 1. The molecule has 1 aliphatic rings. The van der Waals surface area contributed by atoms with Gasteiger partial charge < -0.3 is 14.7 Å². The molecule has 0 bridgehead atoms. The second-order valence-corrected chi connectivity index (χ2v) is 9.08. The molecule has 1 aliphatic heterocycles. The summed E-state index contributed by atoms with van der Waals surface area (Å²) in [7, 11) is 0. The van der Waals surface area contributed by atoms with E-state index in [0.717, 1.165) is 29.5 Å². The van der Waals surface area contributed by atoms with Crippen molar-refractivity contribution in [1.82, 2.24) is 20.4 Å². The summed E-state index contributed by atoms with van der Waals surface area (Å²) in [6.45, 7) is 3.82. The van der Waals surface area contributed by atoms with Crippen LogP contribution in [-0.4, -0.2) is 39.9 Å². The fraction of sp³-hybridized carbons (Fsp3) is 0.241. The van der Waals surface area contributed by atoms with E-state index in [9.17, 15) is 9.59 Å². The number of amides is 2. The maximum atomic E-state index is 12.7. The van der Waals surface area contributed by atoms with Gasteiger partial charge in [0.1, 0.15) is 0 Å². The zero-order chi connectivity index (χ0) is 24.9. The van der Waals surface area contributed by atoms with Gasteiger partial charge >= 0.3 is 0 Å². The average molecular weight is 481 g/mol. The molecule has 36 heavy (non-hydrogen) atoms. The molecule has 1 saturated heterocycles. The molecule has 7 nitrogen and oxygen atoms in total. The van der Waals surface area contributed by atoms with Crippen molar-refractivity contribution in [3.63, 3.8) is 0 Å². The highest BCUT2D eigenvalue weighted by Gasteiger charge is 2.28. The third-order valence-corrected chi connectivity index (χ3v) is 6.70. The predicted molar refractivity (Wildman–Crippen MR) is 136 cm³/mol. The molecule has 0 atom stereocenters. The van der Waals surface area contributed by atoms with Gasteiger partial charge in [0.2, 0.25) is 11.7 Å². The molecule has 0 saturated carbocycles. The van der Waals surface area contributed by atoms with Crippen LogP contribution >= 0.6 is 0 Å². The third kappa shape index (κ3) is 5.20. The summed E-state index contributed by atoms with van der Waals surface area (Å²) in [4.78, 5) is 31.7. The molecule has 0 unspecified atom stereocenters. The van der Waals surface area contributed by atoms with E-state index in [1.165, 1.54) is 0 Å². The number of likely N-dealkylation sites (tertiary alicyclic amines) is 1. The van der Waals surface area contributed by atoms with Crippen molar-refractivity contribution in [2.75, 3.05) is 13.1 Å². The highest BCUT2D eigenvalue weighted by molar-refractivity contribution is 5.95. The van der Waals surface area contributed by atoms with Gasteiger partial charge in [-0.15, -0.1) is 0 Å². The first-order chi connectivity index (χ1) is 17.6. The second-order valence-electron chi connectivity index (χ2n) is 9.08. The van der Waals surface area contributed by atoms with Gasteiger partial charge in [0.25, 0.3) is 11.8 Å². The molecule has 1 N–H and O–H groups in total. The zero-order valence-corrected chi connectivity index (χ0v) is 20.2. The highest BCUT2D eigenvalue weighted by Crippen LogP contribution is 2.29. The van der Waals surface area contributed by atoms with Gasteiger partial charge in [0, 0.05) is 42.2 Å². The Hall–Kier alpha value is -4.26. The van der Waals surface area contributed by atoms with Crippen molar-refractivity contribution in [2.45, 2.75) is 32.2 Å². The monoisotopic (exact) mass is 480 g/mol. The number of hydrogen-bond acceptors (Lipinski definition) is 5. The van der Waals surface area contributed by atoms with Crippen LogP contribution in [0.25, 0.3) is 11.4 Å². The van der Waals surface area contributed by atoms with E-state index in [4.69, 9.17) is 4.52 Å². The van der Waals surface area contributed by atoms with Crippen LogP contribution in [0.3, 0.4) is 0 Å². The molecule has 1 aromatic heterocycles. The van der Waals surface area contributed by atoms with E-state index in [2.05, 4.69) is 15.5 Å². The molecule has 0 spiro atoms. The number of carbonyl (C=O) groups is 2. The van der Waals surface area contributed by atoms with Crippen molar-refractivity contribution < 1.29 is 14.1 Å². The molecular formula is C29H28N4O3. The maximum absolute atomic E-state index is 12.7. The lowest BCUT2D eigenvalue weighted by atomic mass is 9.96. The Morgan fingerprint density at radius 3 is 2.33 bits per heavy atom. The van der Waals surface area contributed by atoms with Gasteiger partial charge in [-0.05, 0) is 55.2 Å². The number of nitrogens with zero attached hydrogens (tertiary/aromatic N) is 3. The summed E-state index contributed by atoms with van der Waals surface area (Å²) in [5, 5.41) is 7.12. The van der Waals surface area contributed by atoms with Crippen LogP contribution in [0.4, 0.5) is 0 Å². The van der Waals surface area contributed by atoms with Gasteiger partial charge in [-0.3, -0.25) is 9.59 Å². The smallest absolute Gasteiger partial charge is 0.253 e. The van der Waals surface area contributed by atoms with Crippen molar-refractivity contribution >= 4 is 11.8 Å². The minimum atomic E-state index is -0.129. The van der Waals surface area contributed by atoms with Gasteiger partial charge in [0.05, 0.1) is 0 Å². The summed E-state index contributed by atoms with van der Waals surface area (Å²) < 4.78 is 5.57. The first-order valence-electron chi connectivity index (χ1n) is 12.2. The van der Waals surface area contributed by atoms with E-state index < -0.39 is 0 Å². The number of benzene rings is 3. The number of piperidine rings is 1. The van der Waals surface area contributed by atoms with E-state index in [1.807, 2.05) is 78.6 Å². The van der Waals surface area contributed by atoms with Crippen LogP contribution in [-0.2, 0) is 6.54 Å². The largest absolute Gasteiger partial charge is 0.348 e. The number of rotatable bonds is 6. The Bertz CT molecular complexity index is 1340. The second kappa shape index (κ2) is 10.6.